The second kappa shape index (κ2) is 6.18. The van der Waals surface area contributed by atoms with Crippen LogP contribution in [0.4, 0.5) is 5.82 Å². The van der Waals surface area contributed by atoms with Crippen molar-refractivity contribution in [2.24, 2.45) is 0 Å². The summed E-state index contributed by atoms with van der Waals surface area (Å²) in [7, 11) is 2.05. The Hall–Kier alpha value is -2.01. The van der Waals surface area contributed by atoms with E-state index in [1.807, 2.05) is 19.2 Å². The fraction of sp³-hybridized carbons (Fsp3) is 0.188. The Morgan fingerprint density at radius 2 is 1.76 bits per heavy atom. The molecule has 0 aliphatic heterocycles. The van der Waals surface area contributed by atoms with E-state index in [-0.39, 0.29) is 0 Å². The maximum absolute atomic E-state index is 4.55. The van der Waals surface area contributed by atoms with E-state index in [1.54, 1.807) is 12.4 Å². The van der Waals surface area contributed by atoms with Crippen LogP contribution in [-0.2, 0) is 6.42 Å². The average molecular weight is 343 g/mol. The molecule has 21 heavy (non-hydrogen) atoms. The number of hydrogen-bond acceptors (Lipinski definition) is 4. The molecule has 0 saturated carbocycles. The molecule has 0 aliphatic rings. The summed E-state index contributed by atoms with van der Waals surface area (Å²) in [6.45, 7) is 0.903. The minimum atomic E-state index is 0.686. The number of likely N-dealkylation sites (N-methyl/N-ethyl adjacent to an activating group) is 1. The molecule has 3 rings (SSSR count). The van der Waals surface area contributed by atoms with Gasteiger partial charge >= 0.3 is 0 Å². The quantitative estimate of drug-likeness (QED) is 0.728. The fourth-order valence-corrected chi connectivity index (χ4v) is 2.38. The Bertz CT molecular complexity index is 743. The lowest BCUT2D eigenvalue weighted by Gasteiger charge is -2.18. The Morgan fingerprint density at radius 1 is 1.00 bits per heavy atom. The van der Waals surface area contributed by atoms with Crippen LogP contribution in [-0.4, -0.2) is 28.5 Å². The topological polar surface area (TPSA) is 41.9 Å². The van der Waals surface area contributed by atoms with Gasteiger partial charge in [-0.1, -0.05) is 28.1 Å². The van der Waals surface area contributed by atoms with Gasteiger partial charge in [-0.25, -0.2) is 9.97 Å². The Kier molecular flexibility index (Phi) is 4.10. The molecule has 3 aromatic rings. The second-order valence-electron chi connectivity index (χ2n) is 4.87. The monoisotopic (exact) mass is 342 g/mol. The minimum Gasteiger partial charge on any atom is -0.359 e. The van der Waals surface area contributed by atoms with Crippen molar-refractivity contribution < 1.29 is 0 Å². The van der Waals surface area contributed by atoms with Gasteiger partial charge in [0.15, 0.2) is 5.65 Å². The lowest BCUT2D eigenvalue weighted by Crippen LogP contribution is -2.21. The lowest BCUT2D eigenvalue weighted by molar-refractivity contribution is 0.861. The minimum absolute atomic E-state index is 0.686. The Labute approximate surface area is 132 Å². The number of benzene rings is 1. The van der Waals surface area contributed by atoms with Crippen LogP contribution in [0.2, 0.25) is 0 Å². The van der Waals surface area contributed by atoms with Crippen molar-refractivity contribution in [1.82, 2.24) is 15.0 Å². The van der Waals surface area contributed by atoms with Gasteiger partial charge in [0.25, 0.3) is 0 Å². The molecule has 0 N–H and O–H groups in total. The van der Waals surface area contributed by atoms with Crippen LogP contribution >= 0.6 is 15.9 Å². The maximum Gasteiger partial charge on any atom is 0.180 e. The van der Waals surface area contributed by atoms with Gasteiger partial charge in [-0.15, -0.1) is 0 Å². The SMILES string of the molecule is CN(CCc1ccc(Br)cc1)c1ccc2nccnc2n1. The van der Waals surface area contributed by atoms with E-state index in [0.717, 1.165) is 28.8 Å². The highest BCUT2D eigenvalue weighted by molar-refractivity contribution is 9.10. The molecule has 0 bridgehead atoms. The van der Waals surface area contributed by atoms with Crippen molar-refractivity contribution in [2.45, 2.75) is 6.42 Å². The first-order valence-electron chi connectivity index (χ1n) is 6.76. The summed E-state index contributed by atoms with van der Waals surface area (Å²) in [6.07, 6.45) is 4.33. The van der Waals surface area contributed by atoms with E-state index in [4.69, 9.17) is 0 Å². The van der Waals surface area contributed by atoms with E-state index in [2.05, 4.69) is 60.0 Å². The number of halogens is 1. The van der Waals surface area contributed by atoms with Crippen LogP contribution in [0.3, 0.4) is 0 Å². The molecule has 0 saturated heterocycles. The summed E-state index contributed by atoms with van der Waals surface area (Å²) in [5.41, 5.74) is 2.82. The first-order chi connectivity index (χ1) is 10.2. The van der Waals surface area contributed by atoms with Crippen molar-refractivity contribution in [3.8, 4) is 0 Å². The van der Waals surface area contributed by atoms with Gasteiger partial charge in [0, 0.05) is 30.5 Å². The summed E-state index contributed by atoms with van der Waals surface area (Å²) in [4.78, 5) is 15.2. The zero-order valence-corrected chi connectivity index (χ0v) is 13.3. The summed E-state index contributed by atoms with van der Waals surface area (Å²) in [5.74, 6) is 0.917. The van der Waals surface area contributed by atoms with Crippen LogP contribution in [0.15, 0.2) is 53.3 Å². The summed E-state index contributed by atoms with van der Waals surface area (Å²) >= 11 is 3.45. The van der Waals surface area contributed by atoms with Crippen LogP contribution in [0.5, 0.6) is 0 Å². The molecular weight excluding hydrogens is 328 g/mol. The number of aromatic nitrogens is 3. The van der Waals surface area contributed by atoms with Gasteiger partial charge in [0.2, 0.25) is 0 Å². The number of fused-ring (bicyclic) bond motifs is 1. The fourth-order valence-electron chi connectivity index (χ4n) is 2.12. The molecule has 2 aromatic heterocycles. The van der Waals surface area contributed by atoms with E-state index in [1.165, 1.54) is 5.56 Å². The van der Waals surface area contributed by atoms with Crippen LogP contribution in [0.1, 0.15) is 5.56 Å². The molecule has 0 aliphatic carbocycles. The molecule has 106 valence electrons. The van der Waals surface area contributed by atoms with Crippen molar-refractivity contribution in [2.75, 3.05) is 18.5 Å². The average Bonchev–Trinajstić information content (AvgIpc) is 2.53. The van der Waals surface area contributed by atoms with E-state index in [0.29, 0.717) is 5.65 Å². The molecule has 0 atom stereocenters. The van der Waals surface area contributed by atoms with Gasteiger partial charge in [0.1, 0.15) is 11.3 Å². The maximum atomic E-state index is 4.55. The van der Waals surface area contributed by atoms with Crippen molar-refractivity contribution >= 4 is 32.9 Å². The Balaban J connectivity index is 1.71. The van der Waals surface area contributed by atoms with Gasteiger partial charge in [-0.05, 0) is 36.2 Å². The molecule has 0 fully saturated rings. The molecule has 1 aromatic carbocycles. The zero-order chi connectivity index (χ0) is 14.7. The highest BCUT2D eigenvalue weighted by atomic mass is 79.9. The standard InChI is InChI=1S/C16H15BrN4/c1-21(11-8-12-2-4-13(17)5-3-12)15-7-6-14-16(20-15)19-10-9-18-14/h2-7,9-10H,8,11H2,1H3. The third kappa shape index (κ3) is 3.36. The molecule has 0 amide bonds. The zero-order valence-electron chi connectivity index (χ0n) is 11.7. The lowest BCUT2D eigenvalue weighted by atomic mass is 10.1. The number of nitrogens with zero attached hydrogens (tertiary/aromatic N) is 4. The number of anilines is 1. The van der Waals surface area contributed by atoms with Crippen LogP contribution in [0, 0.1) is 0 Å². The summed E-state index contributed by atoms with van der Waals surface area (Å²) in [6, 6.07) is 12.4. The van der Waals surface area contributed by atoms with E-state index < -0.39 is 0 Å². The summed E-state index contributed by atoms with van der Waals surface area (Å²) < 4.78 is 1.11. The van der Waals surface area contributed by atoms with E-state index >= 15 is 0 Å². The third-order valence-electron chi connectivity index (χ3n) is 3.36. The van der Waals surface area contributed by atoms with Crippen LogP contribution in [0.25, 0.3) is 11.2 Å². The van der Waals surface area contributed by atoms with Gasteiger partial charge in [-0.3, -0.25) is 4.98 Å². The normalized spacial score (nSPS) is 10.8. The van der Waals surface area contributed by atoms with E-state index in [9.17, 15) is 0 Å². The molecule has 2 heterocycles. The predicted molar refractivity (Wildman–Crippen MR) is 88.4 cm³/mol. The Morgan fingerprint density at radius 3 is 2.57 bits per heavy atom. The smallest absolute Gasteiger partial charge is 0.180 e. The molecular formula is C16H15BrN4. The first kappa shape index (κ1) is 13.9. The van der Waals surface area contributed by atoms with Crippen molar-refractivity contribution in [3.63, 3.8) is 0 Å². The van der Waals surface area contributed by atoms with Crippen LogP contribution < -0.4 is 4.90 Å². The first-order valence-corrected chi connectivity index (χ1v) is 7.55. The van der Waals surface area contributed by atoms with Crippen molar-refractivity contribution in [3.05, 3.63) is 58.8 Å². The molecule has 4 nitrogen and oxygen atoms in total. The van der Waals surface area contributed by atoms with Gasteiger partial charge in [0.05, 0.1) is 0 Å². The highest BCUT2D eigenvalue weighted by Gasteiger charge is 2.05. The molecule has 0 radical (unpaired) electrons. The van der Waals surface area contributed by atoms with Crippen molar-refractivity contribution in [1.29, 1.82) is 0 Å². The molecule has 0 spiro atoms. The molecule has 0 unspecified atom stereocenters. The largest absolute Gasteiger partial charge is 0.359 e. The number of rotatable bonds is 4. The summed E-state index contributed by atoms with van der Waals surface area (Å²) in [5, 5.41) is 0. The second-order valence-corrected chi connectivity index (χ2v) is 5.78. The highest BCUT2D eigenvalue weighted by Crippen LogP contribution is 2.15. The van der Waals surface area contributed by atoms with Gasteiger partial charge < -0.3 is 4.90 Å². The predicted octanol–water partition coefficient (Wildman–Crippen LogP) is 3.47. The third-order valence-corrected chi connectivity index (χ3v) is 3.89. The van der Waals surface area contributed by atoms with Gasteiger partial charge in [-0.2, -0.15) is 0 Å². The molecule has 5 heteroatoms. The number of pyridine rings is 1. The number of hydrogen-bond donors (Lipinski definition) is 0.